The Bertz CT molecular complexity index is 913. The molecule has 6 N–H and O–H groups in total. The number of imidazole rings is 2. The van der Waals surface area contributed by atoms with Gasteiger partial charge in [0.25, 0.3) is 11.8 Å². The van der Waals surface area contributed by atoms with Crippen LogP contribution in [-0.4, -0.2) is 65.1 Å². The summed E-state index contributed by atoms with van der Waals surface area (Å²) in [4.78, 5) is 78.7. The van der Waals surface area contributed by atoms with Gasteiger partial charge in [-0.3, -0.25) is 18.7 Å². The first-order valence-corrected chi connectivity index (χ1v) is 9.85. The molecule has 0 saturated carbocycles. The van der Waals surface area contributed by atoms with E-state index in [-0.39, 0.29) is 0 Å². The van der Waals surface area contributed by atoms with E-state index in [0.717, 1.165) is 21.8 Å². The number of hydrogen-bond acceptors (Lipinski definition) is 8. The minimum Gasteiger partial charge on any atom is -0.480 e. The van der Waals surface area contributed by atoms with E-state index in [4.69, 9.17) is 0 Å². The first kappa shape index (κ1) is 23.4. The van der Waals surface area contributed by atoms with Crippen molar-refractivity contribution < 1.29 is 39.0 Å². The van der Waals surface area contributed by atoms with Gasteiger partial charge in [-0.2, -0.15) is 0 Å². The van der Waals surface area contributed by atoms with Gasteiger partial charge in [0, 0.05) is 24.8 Å². The maximum Gasteiger partial charge on any atom is 0.340 e. The van der Waals surface area contributed by atoms with Gasteiger partial charge in [-0.15, -0.1) is 0 Å². The van der Waals surface area contributed by atoms with Crippen molar-refractivity contribution in [2.24, 2.45) is 5.41 Å². The standard InChI is InChI=1S/C13H14N8O8P2/c22-7(16-30-18-11(28)20-3-1-14-5-20)13(9(24)25,10(26)27)8(23)17-31-19-12(29)21-4-2-15-6-21/h1-6,30-31H,(H,16,22)(H,17,23)(H,18,28)(H,19,29)(H,24,25)(H,26,27). The summed E-state index contributed by atoms with van der Waals surface area (Å²) in [5.41, 5.74) is -3.57. The topological polar surface area (TPSA) is 227 Å². The van der Waals surface area contributed by atoms with Crippen molar-refractivity contribution in [2.45, 2.75) is 0 Å². The highest BCUT2D eigenvalue weighted by atomic mass is 31.1. The molecule has 2 atom stereocenters. The lowest BCUT2D eigenvalue weighted by atomic mass is 9.86. The molecule has 18 heteroatoms. The van der Waals surface area contributed by atoms with Crippen molar-refractivity contribution in [3.63, 3.8) is 0 Å². The predicted octanol–water partition coefficient (Wildman–Crippen LogP) is -1.70. The Morgan fingerprint density at radius 3 is 1.39 bits per heavy atom. The average molecular weight is 472 g/mol. The second-order valence-corrected chi connectivity index (χ2v) is 6.82. The number of carboxylic acids is 2. The summed E-state index contributed by atoms with van der Waals surface area (Å²) < 4.78 is 2.00. The minimum atomic E-state index is -3.57. The highest BCUT2D eigenvalue weighted by Gasteiger charge is 2.61. The summed E-state index contributed by atoms with van der Waals surface area (Å²) in [6, 6.07) is -1.50. The number of carboxylic acid groups (broad SMARTS) is 2. The van der Waals surface area contributed by atoms with Gasteiger partial charge >= 0.3 is 29.4 Å². The lowest BCUT2D eigenvalue weighted by molar-refractivity contribution is -0.171. The first-order chi connectivity index (χ1) is 14.7. The van der Waals surface area contributed by atoms with E-state index in [0.29, 0.717) is 0 Å². The summed E-state index contributed by atoms with van der Waals surface area (Å²) in [5.74, 6) is -7.96. The van der Waals surface area contributed by atoms with Crippen LogP contribution in [0, 0.1) is 5.41 Å². The fraction of sp³-hybridized carbons (Fsp3) is 0.0769. The molecular weight excluding hydrogens is 458 g/mol. The molecule has 2 rings (SSSR count). The molecule has 4 amide bonds. The first-order valence-electron chi connectivity index (χ1n) is 7.85. The van der Waals surface area contributed by atoms with Crippen molar-refractivity contribution in [1.29, 1.82) is 0 Å². The predicted molar refractivity (Wildman–Crippen MR) is 103 cm³/mol. The number of nitrogens with one attached hydrogen (secondary N) is 4. The molecule has 2 heterocycles. The third-order valence-corrected chi connectivity index (χ3v) is 4.87. The largest absolute Gasteiger partial charge is 0.480 e. The summed E-state index contributed by atoms with van der Waals surface area (Å²) in [6.45, 7) is 0. The van der Waals surface area contributed by atoms with Crippen LogP contribution in [0.25, 0.3) is 0 Å². The number of hydrogen-bond donors (Lipinski definition) is 6. The molecule has 0 radical (unpaired) electrons. The molecule has 2 aromatic heterocycles. The monoisotopic (exact) mass is 472 g/mol. The molecule has 0 aliphatic rings. The molecule has 0 saturated heterocycles. The van der Waals surface area contributed by atoms with E-state index in [1.807, 2.05) is 10.2 Å². The van der Waals surface area contributed by atoms with Crippen molar-refractivity contribution in [3.8, 4) is 0 Å². The second kappa shape index (κ2) is 10.2. The average Bonchev–Trinajstić information content (AvgIpc) is 3.42. The van der Waals surface area contributed by atoms with Crippen LogP contribution < -0.4 is 20.3 Å². The zero-order chi connectivity index (χ0) is 23.0. The van der Waals surface area contributed by atoms with Gasteiger partial charge in [0.1, 0.15) is 12.7 Å². The van der Waals surface area contributed by atoms with Crippen LogP contribution in [0.2, 0.25) is 0 Å². The third-order valence-electron chi connectivity index (χ3n) is 3.49. The molecule has 16 nitrogen and oxygen atoms in total. The molecule has 2 unspecified atom stereocenters. The van der Waals surface area contributed by atoms with Gasteiger partial charge in [-0.25, -0.2) is 29.1 Å². The quantitative estimate of drug-likeness (QED) is 0.188. The number of amides is 4. The third kappa shape index (κ3) is 5.18. The van der Waals surface area contributed by atoms with E-state index in [1.54, 1.807) is 0 Å². The van der Waals surface area contributed by atoms with Gasteiger partial charge < -0.3 is 30.6 Å². The molecule has 31 heavy (non-hydrogen) atoms. The van der Waals surface area contributed by atoms with Crippen molar-refractivity contribution >= 4 is 53.6 Å². The Balaban J connectivity index is 2.02. The number of carbonyl (C=O) groups excluding carboxylic acids is 4. The zero-order valence-electron chi connectivity index (χ0n) is 15.1. The van der Waals surface area contributed by atoms with Crippen LogP contribution in [-0.2, 0) is 19.2 Å². The van der Waals surface area contributed by atoms with Crippen molar-refractivity contribution in [1.82, 2.24) is 39.5 Å². The van der Waals surface area contributed by atoms with Crippen molar-refractivity contribution in [2.75, 3.05) is 0 Å². The van der Waals surface area contributed by atoms with E-state index < -0.39 is 59.0 Å². The van der Waals surface area contributed by atoms with Crippen LogP contribution in [0.1, 0.15) is 0 Å². The van der Waals surface area contributed by atoms with Gasteiger partial charge in [-0.05, 0) is 0 Å². The number of rotatable bonds is 8. The van der Waals surface area contributed by atoms with Crippen LogP contribution >= 0.6 is 17.8 Å². The highest BCUT2D eigenvalue weighted by Crippen LogP contribution is 2.23. The maximum atomic E-state index is 12.3. The molecule has 0 spiro atoms. The number of aromatic nitrogens is 4. The van der Waals surface area contributed by atoms with Gasteiger partial charge in [0.15, 0.2) is 0 Å². The summed E-state index contributed by atoms with van der Waals surface area (Å²) in [6.07, 6.45) is 7.47. The summed E-state index contributed by atoms with van der Waals surface area (Å²) >= 11 is 0. The lowest BCUT2D eigenvalue weighted by Gasteiger charge is -2.22. The molecular formula is C13H14N8O8P2. The Morgan fingerprint density at radius 2 is 1.10 bits per heavy atom. The molecule has 0 aromatic carbocycles. The van der Waals surface area contributed by atoms with Crippen molar-refractivity contribution in [3.05, 3.63) is 37.4 Å². The Morgan fingerprint density at radius 1 is 0.710 bits per heavy atom. The van der Waals surface area contributed by atoms with Crippen LogP contribution in [0.15, 0.2) is 37.4 Å². The molecule has 0 aliphatic heterocycles. The normalized spacial score (nSPS) is 11.4. The fourth-order valence-corrected chi connectivity index (χ4v) is 3.14. The van der Waals surface area contributed by atoms with E-state index in [9.17, 15) is 39.0 Å². The van der Waals surface area contributed by atoms with Crippen LogP contribution in [0.4, 0.5) is 9.59 Å². The highest BCUT2D eigenvalue weighted by molar-refractivity contribution is 7.35. The van der Waals surface area contributed by atoms with E-state index in [1.165, 1.54) is 24.8 Å². The molecule has 0 bridgehead atoms. The molecule has 0 fully saturated rings. The minimum absolute atomic E-state index is 0.750. The summed E-state index contributed by atoms with van der Waals surface area (Å²) in [5, 5.41) is 26.8. The smallest absolute Gasteiger partial charge is 0.340 e. The maximum absolute atomic E-state index is 12.3. The Kier molecular flexibility index (Phi) is 7.71. The number of aliphatic carboxylic acids is 2. The van der Waals surface area contributed by atoms with Gasteiger partial charge in [0.05, 0.1) is 17.8 Å². The number of carbonyl (C=O) groups is 6. The SMILES string of the molecule is O=C(NPNC(=O)C(C(=O)O)(C(=O)O)C(=O)NPNC(=O)n1ccnc1)n1ccnc1. The van der Waals surface area contributed by atoms with Crippen LogP contribution in [0.5, 0.6) is 0 Å². The summed E-state index contributed by atoms with van der Waals surface area (Å²) in [7, 11) is -1.93. The van der Waals surface area contributed by atoms with Gasteiger partial charge in [-0.1, -0.05) is 0 Å². The lowest BCUT2D eigenvalue weighted by Crippen LogP contribution is -2.59. The molecule has 2 aromatic rings. The number of nitrogens with zero attached hydrogens (tertiary/aromatic N) is 4. The Labute approximate surface area is 175 Å². The second-order valence-electron chi connectivity index (χ2n) is 5.32. The van der Waals surface area contributed by atoms with E-state index in [2.05, 4.69) is 20.1 Å². The fourth-order valence-electron chi connectivity index (χ4n) is 1.94. The molecule has 0 aliphatic carbocycles. The zero-order valence-corrected chi connectivity index (χ0v) is 17.1. The molecule has 164 valence electrons. The Hall–Kier alpha value is -3.90. The van der Waals surface area contributed by atoms with Crippen LogP contribution in [0.3, 0.4) is 0 Å². The van der Waals surface area contributed by atoms with E-state index >= 15 is 0 Å². The van der Waals surface area contributed by atoms with Gasteiger partial charge in [0.2, 0.25) is 0 Å².